The number of amidine groups is 1. The van der Waals surface area contributed by atoms with Crippen molar-refractivity contribution in [2.45, 2.75) is 19.8 Å². The zero-order chi connectivity index (χ0) is 16.3. The monoisotopic (exact) mass is 361 g/mol. The Morgan fingerprint density at radius 3 is 2.64 bits per heavy atom. The highest BCUT2D eigenvalue weighted by Crippen LogP contribution is 2.34. The highest BCUT2D eigenvalue weighted by Gasteiger charge is 2.26. The third-order valence-corrected chi connectivity index (χ3v) is 4.70. The van der Waals surface area contributed by atoms with Gasteiger partial charge in [-0.05, 0) is 53.4 Å². The first-order valence-electron chi connectivity index (χ1n) is 7.25. The smallest absolute Gasteiger partial charge is 0.104 e. The van der Waals surface area contributed by atoms with Gasteiger partial charge in [-0.3, -0.25) is 10.8 Å². The minimum Gasteiger partial charge on any atom is -0.370 e. The van der Waals surface area contributed by atoms with Crippen LogP contribution < -0.4 is 4.90 Å². The summed E-state index contributed by atoms with van der Waals surface area (Å²) in [5.41, 5.74) is 2.71. The van der Waals surface area contributed by atoms with Gasteiger partial charge in [-0.1, -0.05) is 0 Å². The van der Waals surface area contributed by atoms with Crippen molar-refractivity contribution in [3.05, 3.63) is 27.7 Å². The molecule has 1 heterocycles. The summed E-state index contributed by atoms with van der Waals surface area (Å²) >= 11 is 3.58. The first-order valence-corrected chi connectivity index (χ1v) is 8.04. The van der Waals surface area contributed by atoms with Crippen molar-refractivity contribution >= 4 is 33.8 Å². The Bertz CT molecular complexity index is 626. The molecule has 0 amide bonds. The summed E-state index contributed by atoms with van der Waals surface area (Å²) in [5, 5.41) is 24.7. The number of anilines is 1. The third-order valence-electron chi connectivity index (χ3n) is 4.10. The van der Waals surface area contributed by atoms with E-state index in [0.29, 0.717) is 11.4 Å². The molecule has 0 saturated carbocycles. The van der Waals surface area contributed by atoms with Crippen LogP contribution in [0.5, 0.6) is 0 Å². The van der Waals surface area contributed by atoms with Crippen LogP contribution in [-0.2, 0) is 0 Å². The zero-order valence-corrected chi connectivity index (χ0v) is 14.4. The number of nitrogens with zero attached hydrogens (tertiary/aromatic N) is 3. The second-order valence-corrected chi connectivity index (χ2v) is 6.50. The van der Waals surface area contributed by atoms with E-state index in [9.17, 15) is 5.26 Å². The molecule has 22 heavy (non-hydrogen) atoms. The average Bonchev–Trinajstić information content (AvgIpc) is 2.52. The first-order chi connectivity index (χ1) is 10.5. The zero-order valence-electron chi connectivity index (χ0n) is 12.9. The Hall–Kier alpha value is -1.87. The predicted molar refractivity (Wildman–Crippen MR) is 92.8 cm³/mol. The lowest BCUT2D eigenvalue weighted by Gasteiger charge is -2.36. The molecule has 0 atom stereocenters. The van der Waals surface area contributed by atoms with Crippen LogP contribution in [0.1, 0.15) is 24.0 Å². The molecule has 0 aromatic heterocycles. The fraction of sp³-hybridized carbons (Fsp3) is 0.438. The van der Waals surface area contributed by atoms with E-state index in [0.717, 1.165) is 41.7 Å². The Balaban J connectivity index is 2.15. The van der Waals surface area contributed by atoms with E-state index in [1.165, 1.54) is 6.34 Å². The van der Waals surface area contributed by atoms with Gasteiger partial charge in [0, 0.05) is 30.5 Å². The van der Waals surface area contributed by atoms with Gasteiger partial charge in [-0.25, -0.2) is 0 Å². The van der Waals surface area contributed by atoms with Gasteiger partial charge in [0.1, 0.15) is 11.9 Å². The van der Waals surface area contributed by atoms with Gasteiger partial charge in [-0.2, -0.15) is 5.26 Å². The predicted octanol–water partition coefficient (Wildman–Crippen LogP) is 3.36. The molecule has 1 aliphatic rings. The van der Waals surface area contributed by atoms with Crippen LogP contribution in [0, 0.1) is 35.0 Å². The van der Waals surface area contributed by atoms with Crippen molar-refractivity contribution < 1.29 is 0 Å². The lowest BCUT2D eigenvalue weighted by molar-refractivity contribution is 0.472. The number of halogens is 1. The molecule has 0 bridgehead atoms. The number of rotatable bonds is 3. The van der Waals surface area contributed by atoms with E-state index >= 15 is 0 Å². The maximum Gasteiger partial charge on any atom is 0.104 e. The van der Waals surface area contributed by atoms with Gasteiger partial charge in [0.25, 0.3) is 0 Å². The highest BCUT2D eigenvalue weighted by molar-refractivity contribution is 9.10. The summed E-state index contributed by atoms with van der Waals surface area (Å²) in [4.78, 5) is 3.78. The molecular weight excluding hydrogens is 342 g/mol. The van der Waals surface area contributed by atoms with Gasteiger partial charge in [-0.15, -0.1) is 0 Å². The summed E-state index contributed by atoms with van der Waals surface area (Å²) in [6, 6.07) is 6.23. The lowest BCUT2D eigenvalue weighted by atomic mass is 9.94. The molecule has 5 nitrogen and oxygen atoms in total. The van der Waals surface area contributed by atoms with E-state index in [2.05, 4.69) is 26.9 Å². The maximum absolute atomic E-state index is 9.38. The minimum absolute atomic E-state index is 0.178. The fourth-order valence-electron chi connectivity index (χ4n) is 2.88. The molecule has 1 saturated heterocycles. The molecule has 1 aromatic carbocycles. The molecular formula is C16H20BrN5. The normalized spacial score (nSPS) is 15.3. The van der Waals surface area contributed by atoms with Crippen LogP contribution in [0.4, 0.5) is 5.69 Å². The minimum atomic E-state index is 0.178. The molecule has 1 fully saturated rings. The number of hydrogen-bond donors (Lipinski definition) is 2. The molecule has 0 radical (unpaired) electrons. The Labute approximate surface area is 139 Å². The van der Waals surface area contributed by atoms with Gasteiger partial charge < -0.3 is 9.80 Å². The second-order valence-electron chi connectivity index (χ2n) is 5.64. The van der Waals surface area contributed by atoms with Gasteiger partial charge >= 0.3 is 0 Å². The van der Waals surface area contributed by atoms with Crippen molar-refractivity contribution in [2.24, 2.45) is 5.92 Å². The van der Waals surface area contributed by atoms with E-state index in [1.54, 1.807) is 11.9 Å². The summed E-state index contributed by atoms with van der Waals surface area (Å²) in [6.45, 7) is 3.61. The average molecular weight is 362 g/mol. The van der Waals surface area contributed by atoms with Crippen LogP contribution in [0.3, 0.4) is 0 Å². The fourth-order valence-corrected chi connectivity index (χ4v) is 3.70. The Morgan fingerprint density at radius 1 is 1.45 bits per heavy atom. The summed E-state index contributed by atoms with van der Waals surface area (Å²) in [7, 11) is 1.74. The lowest BCUT2D eigenvalue weighted by Crippen LogP contribution is -2.40. The number of piperidine rings is 1. The molecule has 2 rings (SSSR count). The Morgan fingerprint density at radius 2 is 2.09 bits per heavy atom. The molecule has 0 unspecified atom stereocenters. The SMILES string of the molecule is Cc1cc(Br)c(N2CCC(C(=N)N(C)C=N)CC2)c(C#N)c1. The third kappa shape index (κ3) is 3.30. The first kappa shape index (κ1) is 16.5. The summed E-state index contributed by atoms with van der Waals surface area (Å²) < 4.78 is 0.953. The van der Waals surface area contributed by atoms with E-state index < -0.39 is 0 Å². The number of benzene rings is 1. The number of nitrogens with one attached hydrogen (secondary N) is 2. The highest BCUT2D eigenvalue weighted by atomic mass is 79.9. The van der Waals surface area contributed by atoms with Gasteiger partial charge in [0.15, 0.2) is 0 Å². The largest absolute Gasteiger partial charge is 0.370 e. The molecule has 1 aliphatic heterocycles. The van der Waals surface area contributed by atoms with E-state index in [4.69, 9.17) is 10.8 Å². The molecule has 1 aromatic rings. The van der Waals surface area contributed by atoms with Gasteiger partial charge in [0.2, 0.25) is 0 Å². The van der Waals surface area contributed by atoms with Crippen molar-refractivity contribution in [1.29, 1.82) is 16.1 Å². The van der Waals surface area contributed by atoms with E-state index in [-0.39, 0.29) is 5.92 Å². The van der Waals surface area contributed by atoms with E-state index in [1.807, 2.05) is 19.1 Å². The second kappa shape index (κ2) is 6.93. The molecule has 116 valence electrons. The summed E-state index contributed by atoms with van der Waals surface area (Å²) in [6.07, 6.45) is 2.91. The van der Waals surface area contributed by atoms with Crippen molar-refractivity contribution in [3.8, 4) is 6.07 Å². The quantitative estimate of drug-likeness (QED) is 0.639. The topological polar surface area (TPSA) is 78.0 Å². The molecule has 6 heteroatoms. The number of hydrogen-bond acceptors (Lipinski definition) is 4. The molecule has 2 N–H and O–H groups in total. The van der Waals surface area contributed by atoms with Crippen LogP contribution >= 0.6 is 15.9 Å². The van der Waals surface area contributed by atoms with Gasteiger partial charge in [0.05, 0.1) is 17.6 Å². The van der Waals surface area contributed by atoms with Crippen molar-refractivity contribution in [2.75, 3.05) is 25.0 Å². The number of nitriles is 1. The maximum atomic E-state index is 9.38. The van der Waals surface area contributed by atoms with Crippen LogP contribution in [0.25, 0.3) is 0 Å². The van der Waals surface area contributed by atoms with Crippen molar-refractivity contribution in [1.82, 2.24) is 4.90 Å². The van der Waals surface area contributed by atoms with Crippen LogP contribution in [-0.4, -0.2) is 37.2 Å². The Kier molecular flexibility index (Phi) is 5.19. The van der Waals surface area contributed by atoms with Crippen LogP contribution in [0.15, 0.2) is 16.6 Å². The molecule has 0 aliphatic carbocycles. The van der Waals surface area contributed by atoms with Crippen LogP contribution in [0.2, 0.25) is 0 Å². The molecule has 0 spiro atoms. The van der Waals surface area contributed by atoms with Crippen molar-refractivity contribution in [3.63, 3.8) is 0 Å². The number of aryl methyl sites for hydroxylation is 1. The summed E-state index contributed by atoms with van der Waals surface area (Å²) in [5.74, 6) is 0.677. The standard InChI is InChI=1S/C16H20BrN5/c1-11-7-13(9-18)15(14(17)8-11)22-5-3-12(4-6-22)16(20)21(2)10-19/h7-8,10,12,19-20H,3-6H2,1-2H3.